The fourth-order valence-corrected chi connectivity index (χ4v) is 9.47. The van der Waals surface area contributed by atoms with Crippen LogP contribution in [0.2, 0.25) is 23.2 Å². The van der Waals surface area contributed by atoms with Crippen LogP contribution in [0.4, 0.5) is 23.1 Å². The first kappa shape index (κ1) is 37.5. The number of ether oxygens (including phenoxy) is 1. The topological polar surface area (TPSA) is 124 Å². The van der Waals surface area contributed by atoms with E-state index in [9.17, 15) is 8.42 Å². The Morgan fingerprint density at radius 2 is 1.86 bits per heavy atom. The van der Waals surface area contributed by atoms with Crippen LogP contribution in [-0.2, 0) is 27.7 Å². The highest BCUT2D eigenvalue weighted by Gasteiger charge is 2.37. The molecular formula is C35H54ClN7O4SSi. The van der Waals surface area contributed by atoms with Gasteiger partial charge < -0.3 is 24.7 Å². The first-order valence-electron chi connectivity index (χ1n) is 17.4. The Morgan fingerprint density at radius 3 is 2.51 bits per heavy atom. The predicted octanol–water partition coefficient (Wildman–Crippen LogP) is 7.61. The lowest BCUT2D eigenvalue weighted by Crippen LogP contribution is -2.43. The van der Waals surface area contributed by atoms with Gasteiger partial charge >= 0.3 is 0 Å². The fraction of sp³-hybridized carbons (Fsp3) is 0.629. The van der Waals surface area contributed by atoms with Gasteiger partial charge in [-0.1, -0.05) is 46.2 Å². The van der Waals surface area contributed by atoms with Crippen LogP contribution in [0.3, 0.4) is 0 Å². The number of rotatable bonds is 12. The van der Waals surface area contributed by atoms with Crippen molar-refractivity contribution in [3.05, 3.63) is 40.2 Å². The molecule has 14 heteroatoms. The SMILES string of the molecule is Cc1cc(Nc2ncc(Cl)c(Nc3cn(C)nc3S(=O)(=O)CC(C)C)n2)c2c(c1C1CCN(CCO[Si](C)(C)C(C)(C)C)CC1)C[C@@H](C)O2. The number of benzene rings is 1. The Labute approximate surface area is 298 Å². The third-order valence-corrected chi connectivity index (χ3v) is 16.8. The van der Waals surface area contributed by atoms with Crippen LogP contribution < -0.4 is 15.4 Å². The van der Waals surface area contributed by atoms with Gasteiger partial charge in [0.25, 0.3) is 0 Å². The average Bonchev–Trinajstić information content (AvgIpc) is 3.56. The van der Waals surface area contributed by atoms with E-state index in [4.69, 9.17) is 20.8 Å². The second kappa shape index (κ2) is 14.5. The monoisotopic (exact) mass is 731 g/mol. The van der Waals surface area contributed by atoms with Crippen LogP contribution in [0.15, 0.2) is 23.5 Å². The number of likely N-dealkylation sites (tertiary alicyclic amines) is 1. The summed E-state index contributed by atoms with van der Waals surface area (Å²) >= 11 is 6.50. The number of aryl methyl sites for hydroxylation is 2. The molecule has 3 aromatic rings. The van der Waals surface area contributed by atoms with Crippen molar-refractivity contribution >= 4 is 52.9 Å². The van der Waals surface area contributed by atoms with Gasteiger partial charge in [0.15, 0.2) is 24.0 Å². The van der Waals surface area contributed by atoms with Crippen molar-refractivity contribution in [2.75, 3.05) is 42.6 Å². The van der Waals surface area contributed by atoms with E-state index >= 15 is 0 Å². The Balaban J connectivity index is 1.32. The van der Waals surface area contributed by atoms with E-state index in [1.165, 1.54) is 27.6 Å². The maximum atomic E-state index is 13.1. The first-order chi connectivity index (χ1) is 22.8. The van der Waals surface area contributed by atoms with E-state index in [1.54, 1.807) is 13.2 Å². The number of hydrogen-bond acceptors (Lipinski definition) is 10. The number of hydrogen-bond donors (Lipinski definition) is 2. The van der Waals surface area contributed by atoms with Crippen LogP contribution in [0.5, 0.6) is 5.75 Å². The van der Waals surface area contributed by atoms with Crippen LogP contribution in [0.1, 0.15) is 77.0 Å². The molecule has 2 aliphatic rings. The lowest BCUT2D eigenvalue weighted by atomic mass is 9.82. The van der Waals surface area contributed by atoms with Gasteiger partial charge in [-0.3, -0.25) is 4.68 Å². The second-order valence-corrected chi connectivity index (χ2v) is 22.8. The number of sulfone groups is 1. The number of halogens is 1. The van der Waals surface area contributed by atoms with Crippen molar-refractivity contribution in [2.24, 2.45) is 13.0 Å². The van der Waals surface area contributed by atoms with Gasteiger partial charge in [0.2, 0.25) is 11.0 Å². The Morgan fingerprint density at radius 1 is 1.16 bits per heavy atom. The Kier molecular flexibility index (Phi) is 11.1. The zero-order valence-corrected chi connectivity index (χ0v) is 33.3. The zero-order valence-electron chi connectivity index (χ0n) is 30.8. The van der Waals surface area contributed by atoms with Crippen LogP contribution in [0, 0.1) is 12.8 Å². The number of nitrogens with zero attached hydrogens (tertiary/aromatic N) is 5. The minimum atomic E-state index is -3.63. The molecule has 0 aliphatic carbocycles. The molecule has 0 saturated carbocycles. The van der Waals surface area contributed by atoms with Crippen molar-refractivity contribution in [1.29, 1.82) is 0 Å². The maximum Gasteiger partial charge on any atom is 0.229 e. The van der Waals surface area contributed by atoms with Gasteiger partial charge in [0.1, 0.15) is 16.9 Å². The molecule has 2 N–H and O–H groups in total. The third kappa shape index (κ3) is 8.61. The maximum absolute atomic E-state index is 13.1. The van der Waals surface area contributed by atoms with Gasteiger partial charge in [-0.15, -0.1) is 0 Å². The van der Waals surface area contributed by atoms with Crippen molar-refractivity contribution in [2.45, 2.75) is 103 Å². The standard InChI is InChI=1S/C35H54ClN7O4SSi/c1-22(2)21-48(44,45)33-29(20-42(8)41-33)38-32-27(36)19-37-34(40-32)39-28-17-23(3)30(26-18-24(4)47-31(26)28)25-11-13-43(14-12-25)15-16-46-49(9,10)35(5,6)7/h17,19-20,22,24-25H,11-16,18,21H2,1-10H3,(H2,37,38,39,40)/t24-/m1/s1. The van der Waals surface area contributed by atoms with E-state index in [0.29, 0.717) is 17.6 Å². The second-order valence-electron chi connectivity index (χ2n) is 15.7. The van der Waals surface area contributed by atoms with Crippen molar-refractivity contribution in [3.63, 3.8) is 0 Å². The van der Waals surface area contributed by atoms with Crippen LogP contribution >= 0.6 is 11.6 Å². The Bertz CT molecular complexity index is 1770. The van der Waals surface area contributed by atoms with Gasteiger partial charge in [0, 0.05) is 38.4 Å². The summed E-state index contributed by atoms with van der Waals surface area (Å²) in [6.45, 7) is 23.4. The molecule has 0 bridgehead atoms. The van der Waals surface area contributed by atoms with Gasteiger partial charge in [-0.05, 0) is 86.9 Å². The summed E-state index contributed by atoms with van der Waals surface area (Å²) in [6.07, 6.45) is 6.22. The van der Waals surface area contributed by atoms with Crippen LogP contribution in [-0.4, -0.2) is 79.5 Å². The van der Waals surface area contributed by atoms with Crippen LogP contribution in [0.25, 0.3) is 0 Å². The summed E-state index contributed by atoms with van der Waals surface area (Å²) in [6, 6.07) is 2.13. The minimum Gasteiger partial charge on any atom is -0.488 e. The number of aromatic nitrogens is 4. The zero-order chi connectivity index (χ0) is 35.9. The third-order valence-electron chi connectivity index (χ3n) is 10.00. The molecule has 49 heavy (non-hydrogen) atoms. The number of anilines is 4. The lowest BCUT2D eigenvalue weighted by molar-refractivity contribution is 0.166. The molecule has 0 unspecified atom stereocenters. The molecule has 11 nitrogen and oxygen atoms in total. The summed E-state index contributed by atoms with van der Waals surface area (Å²) in [5.74, 6) is 1.83. The molecule has 0 radical (unpaired) electrons. The van der Waals surface area contributed by atoms with E-state index in [1.807, 2.05) is 13.8 Å². The molecule has 5 rings (SSSR count). The highest BCUT2D eigenvalue weighted by molar-refractivity contribution is 7.91. The molecule has 2 aliphatic heterocycles. The van der Waals surface area contributed by atoms with Crippen molar-refractivity contribution < 1.29 is 17.6 Å². The molecule has 1 fully saturated rings. The molecule has 2 aromatic heterocycles. The molecule has 1 atom stereocenters. The summed E-state index contributed by atoms with van der Waals surface area (Å²) in [4.78, 5) is 11.6. The molecule has 0 amide bonds. The van der Waals surface area contributed by atoms with Crippen molar-refractivity contribution in [1.82, 2.24) is 24.6 Å². The number of fused-ring (bicyclic) bond motifs is 1. The quantitative estimate of drug-likeness (QED) is 0.180. The van der Waals surface area contributed by atoms with Gasteiger partial charge in [-0.2, -0.15) is 10.1 Å². The number of nitrogens with one attached hydrogen (secondary N) is 2. The minimum absolute atomic E-state index is 0.0205. The molecule has 1 saturated heterocycles. The molecular weight excluding hydrogens is 678 g/mol. The van der Waals surface area contributed by atoms with Gasteiger partial charge in [0.05, 0.1) is 23.3 Å². The summed E-state index contributed by atoms with van der Waals surface area (Å²) in [5, 5.41) is 11.1. The molecule has 1 aromatic carbocycles. The average molecular weight is 732 g/mol. The normalized spacial score (nSPS) is 17.8. The first-order valence-corrected chi connectivity index (χ1v) is 22.3. The highest BCUT2D eigenvalue weighted by Crippen LogP contribution is 2.46. The Hall–Kier alpha value is -2.71. The van der Waals surface area contributed by atoms with E-state index in [-0.39, 0.29) is 38.7 Å². The largest absolute Gasteiger partial charge is 0.488 e. The van der Waals surface area contributed by atoms with Crippen molar-refractivity contribution in [3.8, 4) is 5.75 Å². The van der Waals surface area contributed by atoms with Gasteiger partial charge in [-0.25, -0.2) is 13.4 Å². The molecule has 270 valence electrons. The lowest BCUT2D eigenvalue weighted by Gasteiger charge is -2.38. The summed E-state index contributed by atoms with van der Waals surface area (Å²) in [5.41, 5.74) is 5.00. The summed E-state index contributed by atoms with van der Waals surface area (Å²) < 4.78 is 40.5. The predicted molar refractivity (Wildman–Crippen MR) is 200 cm³/mol. The number of piperidine rings is 1. The smallest absolute Gasteiger partial charge is 0.229 e. The fourth-order valence-electron chi connectivity index (χ4n) is 6.57. The van der Waals surface area contributed by atoms with E-state index in [0.717, 1.165) is 56.9 Å². The highest BCUT2D eigenvalue weighted by atomic mass is 35.5. The molecule has 0 spiro atoms. The summed E-state index contributed by atoms with van der Waals surface area (Å²) in [7, 11) is -3.69. The van der Waals surface area contributed by atoms with E-state index < -0.39 is 18.2 Å². The molecule has 4 heterocycles. The van der Waals surface area contributed by atoms with E-state index in [2.05, 4.69) is 84.4 Å².